The number of hydrogen-bond acceptors (Lipinski definition) is 5. The van der Waals surface area contributed by atoms with Crippen LogP contribution in [0.25, 0.3) is 0 Å². The molecule has 0 aliphatic carbocycles. The Labute approximate surface area is 130 Å². The number of carbonyl (C=O) groups excluding carboxylic acids is 2. The van der Waals surface area contributed by atoms with Gasteiger partial charge in [0.25, 0.3) is 11.8 Å². The highest BCUT2D eigenvalue weighted by Crippen LogP contribution is 2.31. The van der Waals surface area contributed by atoms with Crippen molar-refractivity contribution in [1.29, 1.82) is 0 Å². The summed E-state index contributed by atoms with van der Waals surface area (Å²) in [6.45, 7) is -0.0576. The fourth-order valence-corrected chi connectivity index (χ4v) is 3.73. The minimum absolute atomic E-state index is 0.0576. The number of ether oxygens (including phenoxy) is 1. The SMILES string of the molecule is O=C1COc2ccc(C(=O)N[C@]3(C(=O)O)CCSC3)cc2N1. The van der Waals surface area contributed by atoms with E-state index in [0.717, 1.165) is 0 Å². The smallest absolute Gasteiger partial charge is 0.330 e. The molecular formula is C14H14N2O5S. The summed E-state index contributed by atoms with van der Waals surface area (Å²) >= 11 is 1.50. The molecule has 116 valence electrons. The molecule has 0 bridgehead atoms. The Morgan fingerprint density at radius 1 is 1.41 bits per heavy atom. The van der Waals surface area contributed by atoms with E-state index >= 15 is 0 Å². The summed E-state index contributed by atoms with van der Waals surface area (Å²) in [4.78, 5) is 35.1. The fraction of sp³-hybridized carbons (Fsp3) is 0.357. The summed E-state index contributed by atoms with van der Waals surface area (Å²) in [5.41, 5.74) is -0.534. The van der Waals surface area contributed by atoms with E-state index in [4.69, 9.17) is 4.74 Å². The summed E-state index contributed by atoms with van der Waals surface area (Å²) in [6, 6.07) is 4.61. The third-order valence-electron chi connectivity index (χ3n) is 3.66. The average molecular weight is 322 g/mol. The van der Waals surface area contributed by atoms with Gasteiger partial charge in [0.1, 0.15) is 11.3 Å². The van der Waals surface area contributed by atoms with Crippen molar-refractivity contribution in [2.75, 3.05) is 23.4 Å². The van der Waals surface area contributed by atoms with E-state index in [9.17, 15) is 19.5 Å². The van der Waals surface area contributed by atoms with Crippen LogP contribution >= 0.6 is 11.8 Å². The standard InChI is InChI=1S/C14H14N2O5S/c17-11-6-21-10-2-1-8(5-9(10)15-11)12(18)16-14(13(19)20)3-4-22-7-14/h1-2,5H,3-4,6-7H2,(H,15,17)(H,16,18)(H,19,20)/t14-/m1/s1. The van der Waals surface area contributed by atoms with Crippen LogP contribution in [0.5, 0.6) is 5.75 Å². The molecule has 0 spiro atoms. The summed E-state index contributed by atoms with van der Waals surface area (Å²) < 4.78 is 5.22. The Morgan fingerprint density at radius 3 is 2.91 bits per heavy atom. The predicted octanol–water partition coefficient (Wildman–Crippen LogP) is 0.708. The third kappa shape index (κ3) is 2.61. The number of carbonyl (C=O) groups is 3. The summed E-state index contributed by atoms with van der Waals surface area (Å²) in [7, 11) is 0. The molecule has 22 heavy (non-hydrogen) atoms. The van der Waals surface area contributed by atoms with Crippen LogP contribution in [0.2, 0.25) is 0 Å². The van der Waals surface area contributed by atoms with Crippen LogP contribution in [0.4, 0.5) is 5.69 Å². The second-order valence-corrected chi connectivity index (χ2v) is 6.30. The minimum Gasteiger partial charge on any atom is -0.482 e. The quantitative estimate of drug-likeness (QED) is 0.757. The molecule has 1 fully saturated rings. The molecule has 2 aliphatic heterocycles. The van der Waals surface area contributed by atoms with Gasteiger partial charge in [-0.3, -0.25) is 9.59 Å². The average Bonchev–Trinajstić information content (AvgIpc) is 2.96. The Hall–Kier alpha value is -2.22. The normalized spacial score (nSPS) is 23.2. The highest BCUT2D eigenvalue weighted by molar-refractivity contribution is 7.99. The van der Waals surface area contributed by atoms with Gasteiger partial charge in [-0.2, -0.15) is 11.8 Å². The lowest BCUT2D eigenvalue weighted by atomic mass is 9.98. The van der Waals surface area contributed by atoms with E-state index in [1.807, 2.05) is 0 Å². The summed E-state index contributed by atoms with van der Waals surface area (Å²) in [5, 5.41) is 14.6. The molecule has 0 aromatic heterocycles. The predicted molar refractivity (Wildman–Crippen MR) is 80.3 cm³/mol. The topological polar surface area (TPSA) is 105 Å². The van der Waals surface area contributed by atoms with Gasteiger partial charge in [0.05, 0.1) is 5.69 Å². The van der Waals surface area contributed by atoms with Gasteiger partial charge in [0, 0.05) is 11.3 Å². The van der Waals surface area contributed by atoms with Crippen LogP contribution in [0.1, 0.15) is 16.8 Å². The van der Waals surface area contributed by atoms with Crippen molar-refractivity contribution in [2.24, 2.45) is 0 Å². The van der Waals surface area contributed by atoms with Crippen molar-refractivity contribution in [2.45, 2.75) is 12.0 Å². The Kier molecular flexibility index (Phi) is 3.69. The van der Waals surface area contributed by atoms with Crippen molar-refractivity contribution in [1.82, 2.24) is 5.32 Å². The molecule has 2 heterocycles. The van der Waals surface area contributed by atoms with Gasteiger partial charge < -0.3 is 20.5 Å². The van der Waals surface area contributed by atoms with E-state index < -0.39 is 17.4 Å². The molecule has 0 radical (unpaired) electrons. The molecule has 0 unspecified atom stereocenters. The molecule has 3 N–H and O–H groups in total. The van der Waals surface area contributed by atoms with Crippen LogP contribution in [-0.4, -0.2) is 46.5 Å². The van der Waals surface area contributed by atoms with Gasteiger partial charge in [0.15, 0.2) is 6.61 Å². The minimum atomic E-state index is -1.22. The lowest BCUT2D eigenvalue weighted by Gasteiger charge is -2.25. The lowest BCUT2D eigenvalue weighted by molar-refractivity contribution is -0.143. The zero-order valence-corrected chi connectivity index (χ0v) is 12.4. The molecule has 1 saturated heterocycles. The molecule has 2 aliphatic rings. The van der Waals surface area contributed by atoms with E-state index in [1.165, 1.54) is 17.8 Å². The van der Waals surface area contributed by atoms with Crippen LogP contribution in [-0.2, 0) is 9.59 Å². The Balaban J connectivity index is 1.82. The Morgan fingerprint density at radius 2 is 2.23 bits per heavy atom. The van der Waals surface area contributed by atoms with Gasteiger partial charge in [0.2, 0.25) is 0 Å². The van der Waals surface area contributed by atoms with E-state index in [-0.39, 0.29) is 18.1 Å². The first-order valence-electron chi connectivity index (χ1n) is 6.70. The van der Waals surface area contributed by atoms with Crippen molar-refractivity contribution in [3.8, 4) is 5.75 Å². The molecule has 2 amide bonds. The zero-order chi connectivity index (χ0) is 15.7. The highest BCUT2D eigenvalue weighted by atomic mass is 32.2. The number of aliphatic carboxylic acids is 1. The number of fused-ring (bicyclic) bond motifs is 1. The Bertz CT molecular complexity index is 655. The number of anilines is 1. The van der Waals surface area contributed by atoms with Crippen molar-refractivity contribution < 1.29 is 24.2 Å². The molecular weight excluding hydrogens is 308 g/mol. The van der Waals surface area contributed by atoms with Gasteiger partial charge in [-0.1, -0.05) is 0 Å². The highest BCUT2D eigenvalue weighted by Gasteiger charge is 2.43. The molecule has 3 rings (SSSR count). The first-order chi connectivity index (χ1) is 10.5. The number of thioether (sulfide) groups is 1. The molecule has 1 atom stereocenters. The molecule has 8 heteroatoms. The number of carboxylic acids is 1. The van der Waals surface area contributed by atoms with E-state index in [0.29, 0.717) is 29.4 Å². The van der Waals surface area contributed by atoms with Gasteiger partial charge in [-0.15, -0.1) is 0 Å². The molecule has 1 aromatic rings. The van der Waals surface area contributed by atoms with Crippen LogP contribution < -0.4 is 15.4 Å². The number of rotatable bonds is 3. The molecule has 0 saturated carbocycles. The molecule has 1 aromatic carbocycles. The first kappa shape index (κ1) is 14.7. The number of nitrogens with one attached hydrogen (secondary N) is 2. The monoisotopic (exact) mass is 322 g/mol. The maximum Gasteiger partial charge on any atom is 0.330 e. The second-order valence-electron chi connectivity index (χ2n) is 5.19. The van der Waals surface area contributed by atoms with Crippen LogP contribution in [0.15, 0.2) is 18.2 Å². The van der Waals surface area contributed by atoms with Gasteiger partial charge >= 0.3 is 5.97 Å². The zero-order valence-electron chi connectivity index (χ0n) is 11.5. The van der Waals surface area contributed by atoms with Crippen LogP contribution in [0.3, 0.4) is 0 Å². The fourth-order valence-electron chi connectivity index (χ4n) is 2.40. The van der Waals surface area contributed by atoms with Crippen molar-refractivity contribution in [3.63, 3.8) is 0 Å². The maximum atomic E-state index is 12.3. The largest absolute Gasteiger partial charge is 0.482 e. The number of hydrogen-bond donors (Lipinski definition) is 3. The van der Waals surface area contributed by atoms with Gasteiger partial charge in [-0.25, -0.2) is 4.79 Å². The number of carboxylic acid groups (broad SMARTS) is 1. The van der Waals surface area contributed by atoms with Crippen LogP contribution in [0, 0.1) is 0 Å². The first-order valence-corrected chi connectivity index (χ1v) is 7.86. The maximum absolute atomic E-state index is 12.3. The summed E-state index contributed by atoms with van der Waals surface area (Å²) in [5.74, 6) is -0.271. The third-order valence-corrected chi connectivity index (χ3v) is 4.85. The molecule has 7 nitrogen and oxygen atoms in total. The van der Waals surface area contributed by atoms with Crippen molar-refractivity contribution >= 4 is 35.2 Å². The number of amides is 2. The number of benzene rings is 1. The second kappa shape index (κ2) is 5.53. The lowest BCUT2D eigenvalue weighted by Crippen LogP contribution is -2.54. The van der Waals surface area contributed by atoms with E-state index in [1.54, 1.807) is 12.1 Å². The summed E-state index contributed by atoms with van der Waals surface area (Å²) in [6.07, 6.45) is 0.392. The van der Waals surface area contributed by atoms with Crippen molar-refractivity contribution in [3.05, 3.63) is 23.8 Å². The van der Waals surface area contributed by atoms with E-state index in [2.05, 4.69) is 10.6 Å². The van der Waals surface area contributed by atoms with Gasteiger partial charge in [-0.05, 0) is 30.4 Å².